The van der Waals surface area contributed by atoms with E-state index in [1.807, 2.05) is 0 Å². The Morgan fingerprint density at radius 3 is 2.45 bits per heavy atom. The number of halogens is 4. The van der Waals surface area contributed by atoms with E-state index in [0.717, 1.165) is 0 Å². The van der Waals surface area contributed by atoms with E-state index in [1.165, 1.54) is 42.5 Å². The molecule has 1 aliphatic rings. The number of hydrogen-bond acceptors (Lipinski definition) is 7. The molecule has 0 saturated heterocycles. The predicted octanol–water partition coefficient (Wildman–Crippen LogP) is 4.79. The van der Waals surface area contributed by atoms with Crippen LogP contribution in [0.4, 0.5) is 18.9 Å². The van der Waals surface area contributed by atoms with Crippen LogP contribution in [0.1, 0.15) is 35.2 Å². The highest BCUT2D eigenvalue weighted by atomic mass is 35.5. The van der Waals surface area contributed by atoms with Gasteiger partial charge in [0.15, 0.2) is 5.78 Å². The van der Waals surface area contributed by atoms with Gasteiger partial charge in [-0.05, 0) is 54.4 Å². The van der Waals surface area contributed by atoms with Crippen molar-refractivity contribution in [1.82, 2.24) is 15.1 Å². The van der Waals surface area contributed by atoms with Crippen LogP contribution < -0.4 is 5.32 Å². The van der Waals surface area contributed by atoms with Crippen molar-refractivity contribution in [2.75, 3.05) is 18.4 Å². The van der Waals surface area contributed by atoms with E-state index in [2.05, 4.69) is 15.5 Å². The summed E-state index contributed by atoms with van der Waals surface area (Å²) < 4.78 is 43.7. The quantitative estimate of drug-likeness (QED) is 0.431. The van der Waals surface area contributed by atoms with Gasteiger partial charge in [-0.2, -0.15) is 13.2 Å². The van der Waals surface area contributed by atoms with Gasteiger partial charge in [0.1, 0.15) is 0 Å². The summed E-state index contributed by atoms with van der Waals surface area (Å²) in [5.41, 5.74) is 1.02. The van der Waals surface area contributed by atoms with Crippen LogP contribution in [0.2, 0.25) is 5.02 Å². The van der Waals surface area contributed by atoms with Crippen LogP contribution in [0.15, 0.2) is 53.0 Å². The van der Waals surface area contributed by atoms with Gasteiger partial charge >= 0.3 is 18.0 Å². The highest BCUT2D eigenvalue weighted by Crippen LogP contribution is 2.35. The number of anilines is 1. The number of nitrogens with one attached hydrogen (secondary N) is 1. The Kier molecular flexibility index (Phi) is 7.65. The first-order valence-corrected chi connectivity index (χ1v) is 11.7. The van der Waals surface area contributed by atoms with Gasteiger partial charge in [-0.25, -0.2) is 4.79 Å². The molecule has 2 N–H and O–H groups in total. The summed E-state index contributed by atoms with van der Waals surface area (Å²) in [6.45, 7) is 1.83. The molecule has 1 aromatic heterocycles. The van der Waals surface area contributed by atoms with Crippen molar-refractivity contribution in [3.05, 3.63) is 70.6 Å². The number of benzene rings is 2. The van der Waals surface area contributed by atoms with Gasteiger partial charge in [-0.3, -0.25) is 14.5 Å². The Morgan fingerprint density at radius 1 is 1.16 bits per heavy atom. The number of aromatic nitrogens is 2. The van der Waals surface area contributed by atoms with Crippen LogP contribution >= 0.6 is 11.6 Å². The molecular formula is C25H20ClF3N4O5. The third-order valence-electron chi connectivity index (χ3n) is 5.88. The Balaban J connectivity index is 1.56. The van der Waals surface area contributed by atoms with E-state index in [0.29, 0.717) is 12.1 Å². The fourth-order valence-corrected chi connectivity index (χ4v) is 4.23. The van der Waals surface area contributed by atoms with Crippen LogP contribution in [0.5, 0.6) is 0 Å². The molecule has 198 valence electrons. The third kappa shape index (κ3) is 5.76. The summed E-state index contributed by atoms with van der Waals surface area (Å²) in [7, 11) is 0. The van der Waals surface area contributed by atoms with Crippen LogP contribution in [0.25, 0.3) is 17.0 Å². The molecular weight excluding hydrogens is 529 g/mol. The number of aromatic carboxylic acids is 1. The van der Waals surface area contributed by atoms with E-state index in [1.54, 1.807) is 17.9 Å². The van der Waals surface area contributed by atoms with Gasteiger partial charge in [-0.15, -0.1) is 10.2 Å². The zero-order valence-electron chi connectivity index (χ0n) is 19.8. The first-order valence-electron chi connectivity index (χ1n) is 11.3. The molecule has 13 heteroatoms. The number of alkyl halides is 3. The Labute approximate surface area is 218 Å². The molecule has 0 radical (unpaired) electrons. The largest absolute Gasteiger partial charge is 0.478 e. The first-order chi connectivity index (χ1) is 18.0. The summed E-state index contributed by atoms with van der Waals surface area (Å²) in [5, 5.41) is 18.5. The van der Waals surface area contributed by atoms with E-state index in [-0.39, 0.29) is 52.1 Å². The molecule has 1 unspecified atom stereocenters. The van der Waals surface area contributed by atoms with Gasteiger partial charge in [0, 0.05) is 28.4 Å². The van der Waals surface area contributed by atoms with Crippen molar-refractivity contribution in [3.8, 4) is 11.5 Å². The van der Waals surface area contributed by atoms with Crippen molar-refractivity contribution < 1.29 is 37.1 Å². The number of amides is 1. The summed E-state index contributed by atoms with van der Waals surface area (Å²) >= 11 is 6.12. The van der Waals surface area contributed by atoms with Gasteiger partial charge in [0.2, 0.25) is 11.8 Å². The predicted molar refractivity (Wildman–Crippen MR) is 130 cm³/mol. The second-order valence-electron chi connectivity index (χ2n) is 8.37. The second kappa shape index (κ2) is 10.8. The number of carboxylic acid groups (broad SMARTS) is 1. The number of carbonyl (C=O) groups is 3. The average Bonchev–Trinajstić information content (AvgIpc) is 3.36. The zero-order valence-corrected chi connectivity index (χ0v) is 20.5. The molecule has 0 fully saturated rings. The molecule has 38 heavy (non-hydrogen) atoms. The van der Waals surface area contributed by atoms with E-state index >= 15 is 0 Å². The maximum absolute atomic E-state index is 13.2. The van der Waals surface area contributed by atoms with Crippen LogP contribution in [0.3, 0.4) is 0 Å². The Hall–Kier alpha value is -4.03. The van der Waals surface area contributed by atoms with Crippen LogP contribution in [0, 0.1) is 0 Å². The molecule has 2 aromatic carbocycles. The molecule has 3 aromatic rings. The van der Waals surface area contributed by atoms with Crippen molar-refractivity contribution >= 4 is 40.5 Å². The minimum atomic E-state index is -4.83. The lowest BCUT2D eigenvalue weighted by Gasteiger charge is -2.32. The number of ketones is 1. The lowest BCUT2D eigenvalue weighted by Crippen LogP contribution is -2.48. The number of Topliss-reactive ketones (excluding diaryl/α,β-unsaturated/α-hetero) is 1. The molecule has 0 aliphatic carbocycles. The molecule has 2 heterocycles. The normalized spacial score (nSPS) is 15.2. The standard InChI is InChI=1S/C25H20ClF3N4O5/c1-2-19(21(35)30-15-6-3-13(4-7-15)23(36)37)33-10-9-16(20(34)12-33)18-11-14(26)5-8-17(18)22-31-32-24(38-22)25(27,28)29/h3-9,11,19H,2,10,12H2,1H3,(H,30,35)(H,36,37). The van der Waals surface area contributed by atoms with Crippen molar-refractivity contribution in [3.63, 3.8) is 0 Å². The summed E-state index contributed by atoms with van der Waals surface area (Å²) in [6, 6.07) is 9.23. The van der Waals surface area contributed by atoms with E-state index in [9.17, 15) is 27.6 Å². The van der Waals surface area contributed by atoms with E-state index < -0.39 is 30.0 Å². The summed E-state index contributed by atoms with van der Waals surface area (Å²) in [5.74, 6) is -3.79. The molecule has 1 amide bonds. The SMILES string of the molecule is CCC(C(=O)Nc1ccc(C(=O)O)cc1)N1CC=C(c2cc(Cl)ccc2-c2nnc(C(F)(F)F)o2)C(=O)C1. The molecule has 9 nitrogen and oxygen atoms in total. The smallest absolute Gasteiger partial charge is 0.470 e. The molecule has 0 bridgehead atoms. The van der Waals surface area contributed by atoms with Gasteiger partial charge in [0.25, 0.3) is 0 Å². The first kappa shape index (κ1) is 27.0. The molecule has 0 saturated carbocycles. The average molecular weight is 549 g/mol. The number of hydrogen-bond donors (Lipinski definition) is 2. The third-order valence-corrected chi connectivity index (χ3v) is 6.11. The second-order valence-corrected chi connectivity index (χ2v) is 8.80. The highest BCUT2D eigenvalue weighted by Gasteiger charge is 2.39. The van der Waals surface area contributed by atoms with Crippen LogP contribution in [-0.2, 0) is 15.8 Å². The summed E-state index contributed by atoms with van der Waals surface area (Å²) in [6.07, 6.45) is -2.88. The number of carboxylic acids is 1. The minimum Gasteiger partial charge on any atom is -0.478 e. The fraction of sp³-hybridized carbons (Fsp3) is 0.240. The molecule has 4 rings (SSSR count). The summed E-state index contributed by atoms with van der Waals surface area (Å²) in [4.78, 5) is 38.8. The fourth-order valence-electron chi connectivity index (χ4n) is 4.06. The molecule has 1 atom stereocenters. The monoisotopic (exact) mass is 548 g/mol. The maximum Gasteiger partial charge on any atom is 0.470 e. The lowest BCUT2D eigenvalue weighted by molar-refractivity contribution is -0.157. The topological polar surface area (TPSA) is 126 Å². The Morgan fingerprint density at radius 2 is 1.87 bits per heavy atom. The van der Waals surface area contributed by atoms with Crippen molar-refractivity contribution in [1.29, 1.82) is 0 Å². The molecule has 1 aliphatic heterocycles. The van der Waals surface area contributed by atoms with E-state index in [4.69, 9.17) is 21.1 Å². The highest BCUT2D eigenvalue weighted by molar-refractivity contribution is 6.31. The molecule has 0 spiro atoms. The van der Waals surface area contributed by atoms with Crippen molar-refractivity contribution in [2.24, 2.45) is 0 Å². The van der Waals surface area contributed by atoms with Crippen molar-refractivity contribution in [2.45, 2.75) is 25.6 Å². The maximum atomic E-state index is 13.2. The number of rotatable bonds is 7. The van der Waals surface area contributed by atoms with Gasteiger partial charge in [-0.1, -0.05) is 24.6 Å². The Bertz CT molecular complexity index is 1420. The zero-order chi connectivity index (χ0) is 27.6. The van der Waals surface area contributed by atoms with Crippen LogP contribution in [-0.4, -0.2) is 57.0 Å². The lowest BCUT2D eigenvalue weighted by atomic mass is 9.93. The van der Waals surface area contributed by atoms with Gasteiger partial charge < -0.3 is 14.8 Å². The minimum absolute atomic E-state index is 0.0740. The number of carbonyl (C=O) groups excluding carboxylic acids is 2. The van der Waals surface area contributed by atoms with Gasteiger partial charge in [0.05, 0.1) is 18.2 Å². The number of nitrogens with zero attached hydrogens (tertiary/aromatic N) is 3.